The van der Waals surface area contributed by atoms with Crippen LogP contribution in [0, 0.1) is 29.6 Å². The molecule has 1 aromatic carbocycles. The van der Waals surface area contributed by atoms with Crippen molar-refractivity contribution in [2.24, 2.45) is 5.92 Å². The minimum Gasteiger partial charge on any atom is -0.496 e. The summed E-state index contributed by atoms with van der Waals surface area (Å²) in [4.78, 5) is 40.2. The van der Waals surface area contributed by atoms with E-state index >= 15 is 0 Å². The van der Waals surface area contributed by atoms with Crippen LogP contribution in [0.3, 0.4) is 0 Å². The zero-order chi connectivity index (χ0) is 22.4. The van der Waals surface area contributed by atoms with Crippen LogP contribution in [0.4, 0.5) is 0 Å². The minimum atomic E-state index is -1.03. The van der Waals surface area contributed by atoms with Gasteiger partial charge in [-0.05, 0) is 31.0 Å². The van der Waals surface area contributed by atoms with Crippen LogP contribution in [0.25, 0.3) is 10.9 Å². The highest BCUT2D eigenvalue weighted by molar-refractivity contribution is 6.01. The van der Waals surface area contributed by atoms with Crippen molar-refractivity contribution in [2.45, 2.75) is 31.3 Å². The molecule has 3 atom stereocenters. The number of carbonyl (C=O) groups is 3. The first kappa shape index (κ1) is 21.7. The maximum Gasteiger partial charge on any atom is 0.268 e. The van der Waals surface area contributed by atoms with Gasteiger partial charge in [0.2, 0.25) is 11.8 Å². The molecule has 1 aliphatic rings. The summed E-state index contributed by atoms with van der Waals surface area (Å²) in [6.07, 6.45) is 6.13. The third-order valence-corrected chi connectivity index (χ3v) is 5.19. The lowest BCUT2D eigenvalue weighted by atomic mass is 9.99. The number of rotatable bonds is 8. The van der Waals surface area contributed by atoms with E-state index in [4.69, 9.17) is 11.2 Å². The number of benzene rings is 1. The molecule has 3 rings (SSSR count). The van der Waals surface area contributed by atoms with Crippen LogP contribution < -0.4 is 20.7 Å². The van der Waals surface area contributed by atoms with E-state index in [9.17, 15) is 19.6 Å². The van der Waals surface area contributed by atoms with E-state index in [1.54, 1.807) is 24.3 Å². The second-order valence-electron chi connectivity index (χ2n) is 7.24. The van der Waals surface area contributed by atoms with Crippen molar-refractivity contribution in [3.05, 3.63) is 30.0 Å². The third kappa shape index (κ3) is 4.96. The second-order valence-corrected chi connectivity index (χ2v) is 7.24. The van der Waals surface area contributed by atoms with Crippen molar-refractivity contribution < 1.29 is 19.1 Å². The smallest absolute Gasteiger partial charge is 0.268 e. The molecule has 0 radical (unpaired) electrons. The second kappa shape index (κ2) is 9.68. The first-order chi connectivity index (χ1) is 15.0. The molecule has 1 saturated heterocycles. The Balaban J connectivity index is 1.69. The Morgan fingerprint density at radius 1 is 1.39 bits per heavy atom. The fourth-order valence-corrected chi connectivity index (χ4v) is 3.56. The molecule has 2 heterocycles. The summed E-state index contributed by atoms with van der Waals surface area (Å²) in [6, 6.07) is 7.10. The number of amides is 3. The zero-order valence-electron chi connectivity index (χ0n) is 17.0. The normalized spacial score (nSPS) is 17.1. The van der Waals surface area contributed by atoms with Crippen molar-refractivity contribution in [3.63, 3.8) is 0 Å². The molecule has 0 bridgehead atoms. The average molecular weight is 421 g/mol. The molecule has 160 valence electrons. The lowest BCUT2D eigenvalue weighted by molar-refractivity contribution is -0.125. The van der Waals surface area contributed by atoms with Crippen LogP contribution in [0.5, 0.6) is 5.75 Å². The Bertz CT molecular complexity index is 1080. The molecule has 1 aromatic heterocycles. The Labute approximate surface area is 179 Å². The van der Waals surface area contributed by atoms with Gasteiger partial charge in [-0.1, -0.05) is 6.07 Å². The maximum atomic E-state index is 12.7. The highest BCUT2D eigenvalue weighted by Crippen LogP contribution is 2.26. The fraction of sp³-hybridized carbons (Fsp3) is 0.364. The number of aromatic amines is 1. The number of hydrogen-bond donors (Lipinski definition) is 4. The van der Waals surface area contributed by atoms with E-state index in [-0.39, 0.29) is 30.4 Å². The van der Waals surface area contributed by atoms with Crippen LogP contribution >= 0.6 is 0 Å². The van der Waals surface area contributed by atoms with Gasteiger partial charge in [-0.15, -0.1) is 12.3 Å². The highest BCUT2D eigenvalue weighted by atomic mass is 16.5. The van der Waals surface area contributed by atoms with Crippen molar-refractivity contribution in [1.29, 1.82) is 5.26 Å². The van der Waals surface area contributed by atoms with Crippen LogP contribution in [0.15, 0.2) is 24.3 Å². The molecule has 3 unspecified atom stereocenters. The molecule has 31 heavy (non-hydrogen) atoms. The van der Waals surface area contributed by atoms with Crippen LogP contribution in [0.1, 0.15) is 29.8 Å². The molecule has 1 fully saturated rings. The summed E-state index contributed by atoms with van der Waals surface area (Å²) in [5, 5.41) is 18.0. The number of nitriles is 1. The molecule has 0 saturated carbocycles. The summed E-state index contributed by atoms with van der Waals surface area (Å²) in [5.41, 5.74) is 0.954. The largest absolute Gasteiger partial charge is 0.496 e. The molecule has 4 N–H and O–H groups in total. The highest BCUT2D eigenvalue weighted by Gasteiger charge is 2.30. The summed E-state index contributed by atoms with van der Waals surface area (Å²) in [5.74, 6) is 1.43. The predicted molar refractivity (Wildman–Crippen MR) is 113 cm³/mol. The molecule has 0 spiro atoms. The van der Waals surface area contributed by atoms with E-state index in [2.05, 4.69) is 26.9 Å². The minimum absolute atomic E-state index is 0.0524. The van der Waals surface area contributed by atoms with E-state index in [0.29, 0.717) is 24.2 Å². The lowest BCUT2D eigenvalue weighted by Gasteiger charge is -2.19. The number of aromatic nitrogens is 1. The molecule has 2 aromatic rings. The molecule has 1 aliphatic heterocycles. The van der Waals surface area contributed by atoms with E-state index in [1.807, 2.05) is 6.07 Å². The van der Waals surface area contributed by atoms with Gasteiger partial charge >= 0.3 is 0 Å². The van der Waals surface area contributed by atoms with Gasteiger partial charge in [0.1, 0.15) is 23.5 Å². The molecular formula is C22H23N5O4. The standard InChI is InChI=1S/C22H23N5O4/c1-3-5-17(21(29)25-14(12-23)10-13-8-9-24-20(13)28)27-22(30)18-11-15-16(26-18)6-4-7-19(15)31-2/h1,4,6-7,11,13-14,17,26H,5,8-10H2,2H3,(H,24,28)(H,25,29)(H,27,30). The fourth-order valence-electron chi connectivity index (χ4n) is 3.56. The Morgan fingerprint density at radius 2 is 2.19 bits per heavy atom. The van der Waals surface area contributed by atoms with Crippen molar-refractivity contribution >= 4 is 28.6 Å². The Hall–Kier alpha value is -3.98. The molecular weight excluding hydrogens is 398 g/mol. The van der Waals surface area contributed by atoms with Gasteiger partial charge in [-0.2, -0.15) is 5.26 Å². The van der Waals surface area contributed by atoms with Gasteiger partial charge in [0.25, 0.3) is 5.91 Å². The number of methoxy groups -OCH3 is 1. The average Bonchev–Trinajstić information content (AvgIpc) is 3.38. The first-order valence-corrected chi connectivity index (χ1v) is 9.84. The zero-order valence-corrected chi connectivity index (χ0v) is 17.0. The lowest BCUT2D eigenvalue weighted by Crippen LogP contribution is -2.49. The molecule has 3 amide bonds. The SMILES string of the molecule is C#CCC(NC(=O)c1cc2c(OC)cccc2[nH]1)C(=O)NC(C#N)CC1CCNC1=O. The number of nitrogens with one attached hydrogen (secondary N) is 4. The predicted octanol–water partition coefficient (Wildman–Crippen LogP) is 0.833. The number of carbonyl (C=O) groups excluding carboxylic acids is 3. The van der Waals surface area contributed by atoms with Gasteiger partial charge in [0.05, 0.1) is 13.2 Å². The van der Waals surface area contributed by atoms with Crippen LogP contribution in [0.2, 0.25) is 0 Å². The number of ether oxygens (including phenoxy) is 1. The van der Waals surface area contributed by atoms with Gasteiger partial charge in [-0.25, -0.2) is 0 Å². The van der Waals surface area contributed by atoms with Crippen molar-refractivity contribution in [3.8, 4) is 24.2 Å². The number of fused-ring (bicyclic) bond motifs is 1. The third-order valence-electron chi connectivity index (χ3n) is 5.19. The summed E-state index contributed by atoms with van der Waals surface area (Å²) in [6.45, 7) is 0.556. The quantitative estimate of drug-likeness (QED) is 0.468. The number of H-pyrrole nitrogens is 1. The molecule has 9 heteroatoms. The van der Waals surface area contributed by atoms with Gasteiger partial charge in [0.15, 0.2) is 0 Å². The Morgan fingerprint density at radius 3 is 2.84 bits per heavy atom. The number of hydrogen-bond acceptors (Lipinski definition) is 5. The van der Waals surface area contributed by atoms with Crippen LogP contribution in [-0.4, -0.2) is 48.4 Å². The molecule has 0 aliphatic carbocycles. The monoisotopic (exact) mass is 421 g/mol. The van der Waals surface area contributed by atoms with E-state index in [0.717, 1.165) is 5.39 Å². The van der Waals surface area contributed by atoms with Crippen molar-refractivity contribution in [1.82, 2.24) is 20.9 Å². The number of nitrogens with zero attached hydrogens (tertiary/aromatic N) is 1. The van der Waals surface area contributed by atoms with Gasteiger partial charge in [-0.3, -0.25) is 14.4 Å². The summed E-state index contributed by atoms with van der Waals surface area (Å²) >= 11 is 0. The van der Waals surface area contributed by atoms with Gasteiger partial charge in [0, 0.05) is 29.8 Å². The van der Waals surface area contributed by atoms with Crippen LogP contribution in [-0.2, 0) is 9.59 Å². The van der Waals surface area contributed by atoms with Gasteiger partial charge < -0.3 is 25.7 Å². The van der Waals surface area contributed by atoms with Crippen molar-refractivity contribution in [2.75, 3.05) is 13.7 Å². The number of terminal acetylenes is 1. The summed E-state index contributed by atoms with van der Waals surface area (Å²) in [7, 11) is 1.54. The first-order valence-electron chi connectivity index (χ1n) is 9.84. The topological polar surface area (TPSA) is 136 Å². The van der Waals surface area contributed by atoms with E-state index in [1.165, 1.54) is 7.11 Å². The molecule has 9 nitrogen and oxygen atoms in total. The summed E-state index contributed by atoms with van der Waals surface area (Å²) < 4.78 is 5.30. The van der Waals surface area contributed by atoms with E-state index < -0.39 is 23.9 Å². The Kier molecular flexibility index (Phi) is 6.78. The maximum absolute atomic E-state index is 12.7.